The van der Waals surface area contributed by atoms with Crippen LogP contribution >= 0.6 is 0 Å². The highest BCUT2D eigenvalue weighted by atomic mass is 16.6. The Morgan fingerprint density at radius 2 is 1.93 bits per heavy atom. The number of ether oxygens (including phenoxy) is 1. The molecule has 0 fully saturated rings. The molecule has 0 atom stereocenters. The van der Waals surface area contributed by atoms with Crippen molar-refractivity contribution in [1.82, 2.24) is 0 Å². The lowest BCUT2D eigenvalue weighted by Gasteiger charge is -2.03. The lowest BCUT2D eigenvalue weighted by molar-refractivity contribution is -0.142. The molecule has 0 aliphatic carbocycles. The van der Waals surface area contributed by atoms with Crippen molar-refractivity contribution in [2.45, 2.75) is 6.35 Å². The predicted molar refractivity (Wildman–Crippen MR) is 53.7 cm³/mol. The highest BCUT2D eigenvalue weighted by Gasteiger charge is 1.99. The van der Waals surface area contributed by atoms with E-state index < -0.39 is 12.3 Å². The van der Waals surface area contributed by atoms with Gasteiger partial charge in [0, 0.05) is 6.08 Å². The molecule has 74 valence electrons. The zero-order valence-corrected chi connectivity index (χ0v) is 7.59. The van der Waals surface area contributed by atoms with E-state index >= 15 is 0 Å². The van der Waals surface area contributed by atoms with Gasteiger partial charge in [0.1, 0.15) is 0 Å². The van der Waals surface area contributed by atoms with Crippen molar-refractivity contribution >= 4 is 12.0 Å². The van der Waals surface area contributed by atoms with Gasteiger partial charge in [0.2, 0.25) is 6.35 Å². The summed E-state index contributed by atoms with van der Waals surface area (Å²) in [5, 5.41) is 0. The minimum Gasteiger partial charge on any atom is -0.430 e. The van der Waals surface area contributed by atoms with Gasteiger partial charge >= 0.3 is 5.97 Å². The van der Waals surface area contributed by atoms with Gasteiger partial charge in [-0.15, -0.1) is 0 Å². The quantitative estimate of drug-likeness (QED) is 0.414. The number of hydrogen-bond donors (Lipinski definition) is 2. The molecule has 0 aliphatic heterocycles. The molecule has 0 heterocycles. The number of benzene rings is 1. The Bertz CT molecular complexity index is 320. The molecule has 1 rings (SSSR count). The van der Waals surface area contributed by atoms with Crippen molar-refractivity contribution < 1.29 is 9.53 Å². The first kappa shape index (κ1) is 10.4. The summed E-state index contributed by atoms with van der Waals surface area (Å²) in [5.41, 5.74) is 11.0. The van der Waals surface area contributed by atoms with Gasteiger partial charge in [-0.25, -0.2) is 4.79 Å². The SMILES string of the molecule is NC(N)OC(=O)C=Cc1ccccc1. The van der Waals surface area contributed by atoms with Crippen LogP contribution in [0.3, 0.4) is 0 Å². The predicted octanol–water partition coefficient (Wildman–Crippen LogP) is 0.444. The van der Waals surface area contributed by atoms with E-state index in [0.29, 0.717) is 0 Å². The highest BCUT2D eigenvalue weighted by molar-refractivity contribution is 5.87. The van der Waals surface area contributed by atoms with E-state index in [9.17, 15) is 4.79 Å². The van der Waals surface area contributed by atoms with Crippen LogP contribution in [0.4, 0.5) is 0 Å². The topological polar surface area (TPSA) is 78.3 Å². The largest absolute Gasteiger partial charge is 0.430 e. The van der Waals surface area contributed by atoms with Crippen LogP contribution in [0.1, 0.15) is 5.56 Å². The number of rotatable bonds is 3. The number of nitrogens with two attached hydrogens (primary N) is 2. The monoisotopic (exact) mass is 192 g/mol. The third-order valence-electron chi connectivity index (χ3n) is 1.46. The van der Waals surface area contributed by atoms with E-state index in [-0.39, 0.29) is 0 Å². The molecule has 0 saturated carbocycles. The molecular weight excluding hydrogens is 180 g/mol. The second-order valence-electron chi connectivity index (χ2n) is 2.65. The molecule has 14 heavy (non-hydrogen) atoms. The molecule has 0 aliphatic rings. The molecule has 1 aromatic carbocycles. The van der Waals surface area contributed by atoms with Crippen LogP contribution in [-0.4, -0.2) is 12.3 Å². The Labute approximate surface area is 82.2 Å². The Morgan fingerprint density at radius 3 is 2.50 bits per heavy atom. The Hall–Kier alpha value is -1.65. The molecule has 0 radical (unpaired) electrons. The van der Waals surface area contributed by atoms with Gasteiger partial charge in [-0.3, -0.25) is 11.5 Å². The maximum Gasteiger partial charge on any atom is 0.333 e. The maximum atomic E-state index is 11.0. The molecule has 0 amide bonds. The first-order chi connectivity index (χ1) is 6.68. The van der Waals surface area contributed by atoms with E-state index in [1.54, 1.807) is 6.08 Å². The summed E-state index contributed by atoms with van der Waals surface area (Å²) in [7, 11) is 0. The summed E-state index contributed by atoms with van der Waals surface area (Å²) < 4.78 is 4.50. The number of esters is 1. The summed E-state index contributed by atoms with van der Waals surface area (Å²) in [4.78, 5) is 11.0. The van der Waals surface area contributed by atoms with Gasteiger partial charge < -0.3 is 4.74 Å². The molecule has 0 spiro atoms. The molecule has 4 N–H and O–H groups in total. The summed E-state index contributed by atoms with van der Waals surface area (Å²) in [6.07, 6.45) is 1.84. The highest BCUT2D eigenvalue weighted by Crippen LogP contribution is 2.00. The van der Waals surface area contributed by atoms with E-state index in [1.807, 2.05) is 30.3 Å². The molecular formula is C10H12N2O2. The van der Waals surface area contributed by atoms with Gasteiger partial charge in [0.25, 0.3) is 0 Å². The fourth-order valence-corrected chi connectivity index (χ4v) is 0.902. The summed E-state index contributed by atoms with van der Waals surface area (Å²) >= 11 is 0. The summed E-state index contributed by atoms with van der Waals surface area (Å²) in [6, 6.07) is 9.38. The van der Waals surface area contributed by atoms with E-state index in [1.165, 1.54) is 6.08 Å². The van der Waals surface area contributed by atoms with E-state index in [4.69, 9.17) is 11.5 Å². The van der Waals surface area contributed by atoms with Crippen LogP contribution in [0, 0.1) is 0 Å². The first-order valence-electron chi connectivity index (χ1n) is 4.13. The van der Waals surface area contributed by atoms with Gasteiger partial charge in [0.05, 0.1) is 0 Å². The smallest absolute Gasteiger partial charge is 0.333 e. The van der Waals surface area contributed by atoms with Crippen molar-refractivity contribution in [1.29, 1.82) is 0 Å². The van der Waals surface area contributed by atoms with Crippen molar-refractivity contribution in [3.63, 3.8) is 0 Å². The minimum atomic E-state index is -1.07. The van der Waals surface area contributed by atoms with Crippen molar-refractivity contribution in [2.75, 3.05) is 0 Å². The van der Waals surface area contributed by atoms with E-state index in [0.717, 1.165) is 5.56 Å². The normalized spacial score (nSPS) is 10.8. The van der Waals surface area contributed by atoms with Crippen LogP contribution in [0.25, 0.3) is 6.08 Å². The van der Waals surface area contributed by atoms with Crippen molar-refractivity contribution in [2.24, 2.45) is 11.5 Å². The van der Waals surface area contributed by atoms with Crippen LogP contribution in [-0.2, 0) is 9.53 Å². The third kappa shape index (κ3) is 3.84. The van der Waals surface area contributed by atoms with Gasteiger partial charge in [0.15, 0.2) is 0 Å². The van der Waals surface area contributed by atoms with Crippen LogP contribution < -0.4 is 11.5 Å². The fraction of sp³-hybridized carbons (Fsp3) is 0.100. The Morgan fingerprint density at radius 1 is 1.29 bits per heavy atom. The van der Waals surface area contributed by atoms with Gasteiger partial charge in [-0.2, -0.15) is 0 Å². The zero-order chi connectivity index (χ0) is 10.4. The van der Waals surface area contributed by atoms with Gasteiger partial charge in [-0.05, 0) is 11.6 Å². The fourth-order valence-electron chi connectivity index (χ4n) is 0.902. The standard InChI is InChI=1S/C10H12N2O2/c11-10(12)14-9(13)7-6-8-4-2-1-3-5-8/h1-7,10H,11-12H2. The number of carbonyl (C=O) groups is 1. The number of carbonyl (C=O) groups excluding carboxylic acids is 1. The lowest BCUT2D eigenvalue weighted by atomic mass is 10.2. The van der Waals surface area contributed by atoms with Crippen LogP contribution in [0.15, 0.2) is 36.4 Å². The zero-order valence-electron chi connectivity index (χ0n) is 7.59. The molecule has 4 heteroatoms. The second-order valence-corrected chi connectivity index (χ2v) is 2.65. The minimum absolute atomic E-state index is 0.552. The third-order valence-corrected chi connectivity index (χ3v) is 1.46. The van der Waals surface area contributed by atoms with Crippen molar-refractivity contribution in [3.8, 4) is 0 Å². The molecule has 0 unspecified atom stereocenters. The number of hydrogen-bond acceptors (Lipinski definition) is 4. The second kappa shape index (κ2) is 5.16. The maximum absolute atomic E-state index is 11.0. The summed E-state index contributed by atoms with van der Waals surface area (Å²) in [5.74, 6) is -0.552. The Kier molecular flexibility index (Phi) is 3.84. The first-order valence-corrected chi connectivity index (χ1v) is 4.13. The average molecular weight is 192 g/mol. The van der Waals surface area contributed by atoms with Crippen LogP contribution in [0.5, 0.6) is 0 Å². The summed E-state index contributed by atoms with van der Waals surface area (Å²) in [6.45, 7) is 0. The van der Waals surface area contributed by atoms with E-state index in [2.05, 4.69) is 4.74 Å². The molecule has 0 saturated heterocycles. The molecule has 0 aromatic heterocycles. The Balaban J connectivity index is 2.52. The average Bonchev–Trinajstić information content (AvgIpc) is 2.15. The molecule has 1 aromatic rings. The molecule has 0 bridgehead atoms. The van der Waals surface area contributed by atoms with Crippen LogP contribution in [0.2, 0.25) is 0 Å². The molecule has 4 nitrogen and oxygen atoms in total. The lowest BCUT2D eigenvalue weighted by Crippen LogP contribution is -2.35. The van der Waals surface area contributed by atoms with Crippen molar-refractivity contribution in [3.05, 3.63) is 42.0 Å². The van der Waals surface area contributed by atoms with Gasteiger partial charge in [-0.1, -0.05) is 30.3 Å².